The van der Waals surface area contributed by atoms with Crippen molar-refractivity contribution in [3.8, 4) is 0 Å². The van der Waals surface area contributed by atoms with Crippen LogP contribution < -0.4 is 0 Å². The van der Waals surface area contributed by atoms with E-state index >= 15 is 0 Å². The molecule has 0 amide bonds. The van der Waals surface area contributed by atoms with E-state index < -0.39 is 6.17 Å². The van der Waals surface area contributed by atoms with Crippen LogP contribution in [0.2, 0.25) is 0 Å². The van der Waals surface area contributed by atoms with Crippen LogP contribution in [0.25, 0.3) is 0 Å². The van der Waals surface area contributed by atoms with Gasteiger partial charge in [-0.05, 0) is 74.0 Å². The van der Waals surface area contributed by atoms with E-state index in [9.17, 15) is 9.18 Å². The molecule has 3 aliphatic rings. The number of fused-ring (bicyclic) bond motifs is 3. The van der Waals surface area contributed by atoms with Gasteiger partial charge in [0.15, 0.2) is 0 Å². The van der Waals surface area contributed by atoms with Gasteiger partial charge in [-0.25, -0.2) is 4.39 Å². The first-order valence-corrected chi connectivity index (χ1v) is 11.3. The summed E-state index contributed by atoms with van der Waals surface area (Å²) >= 11 is 3.39. The molecule has 24 heavy (non-hydrogen) atoms. The largest absolute Gasteiger partial charge is 0.298 e. The van der Waals surface area contributed by atoms with E-state index in [-0.39, 0.29) is 11.3 Å². The van der Waals surface area contributed by atoms with E-state index in [1.54, 1.807) is 0 Å². The summed E-state index contributed by atoms with van der Waals surface area (Å²) in [5.41, 5.74) is 0.176. The second kappa shape index (κ2) is 7.76. The molecule has 0 radical (unpaired) electrons. The second-order valence-corrected chi connectivity index (χ2v) is 9.81. The summed E-state index contributed by atoms with van der Waals surface area (Å²) in [6, 6.07) is 0. The molecule has 3 saturated carbocycles. The van der Waals surface area contributed by atoms with Gasteiger partial charge in [0.1, 0.15) is 12.0 Å². The topological polar surface area (TPSA) is 17.1 Å². The summed E-state index contributed by atoms with van der Waals surface area (Å²) in [6.07, 6.45) is 10.4. The van der Waals surface area contributed by atoms with Gasteiger partial charge >= 0.3 is 0 Å². The Hall–Kier alpha value is 0.0800. The number of Topliss-reactive ketones (excluding diaryl/α,β-unsaturated/α-hetero) is 1. The minimum atomic E-state index is -0.617. The first-order valence-electron chi connectivity index (χ1n) is 10.2. The Morgan fingerprint density at radius 3 is 2.67 bits per heavy atom. The third kappa shape index (κ3) is 3.62. The zero-order valence-electron chi connectivity index (χ0n) is 15.4. The van der Waals surface area contributed by atoms with E-state index in [2.05, 4.69) is 29.8 Å². The number of carbonyl (C=O) groups excluding carboxylic acids is 1. The van der Waals surface area contributed by atoms with Gasteiger partial charge in [-0.2, -0.15) is 0 Å². The van der Waals surface area contributed by atoms with Crippen molar-refractivity contribution in [1.29, 1.82) is 0 Å². The van der Waals surface area contributed by atoms with Gasteiger partial charge in [-0.3, -0.25) is 4.79 Å². The molecule has 0 aromatic heterocycles. The predicted octanol–water partition coefficient (Wildman–Crippen LogP) is 6.34. The van der Waals surface area contributed by atoms with Crippen molar-refractivity contribution in [2.45, 2.75) is 84.2 Å². The summed E-state index contributed by atoms with van der Waals surface area (Å²) in [5.74, 6) is 3.25. The number of hydrogen-bond donors (Lipinski definition) is 0. The summed E-state index contributed by atoms with van der Waals surface area (Å²) in [4.78, 5) is 12.4. The van der Waals surface area contributed by atoms with Crippen LogP contribution in [0, 0.1) is 35.0 Å². The Morgan fingerprint density at radius 2 is 1.92 bits per heavy atom. The highest BCUT2D eigenvalue weighted by atomic mass is 79.9. The van der Waals surface area contributed by atoms with Crippen molar-refractivity contribution in [3.63, 3.8) is 0 Å². The average molecular weight is 401 g/mol. The van der Waals surface area contributed by atoms with E-state index in [1.807, 2.05) is 0 Å². The van der Waals surface area contributed by atoms with Crippen molar-refractivity contribution >= 4 is 21.7 Å². The Bertz CT molecular complexity index is 453. The van der Waals surface area contributed by atoms with Crippen molar-refractivity contribution in [1.82, 2.24) is 0 Å². The van der Waals surface area contributed by atoms with Crippen LogP contribution in [0.3, 0.4) is 0 Å². The highest BCUT2D eigenvalue weighted by Crippen LogP contribution is 2.61. The SMILES string of the molecule is C[C@H]1CCCC2CC[C@@]3(C)C(CC[C@@H]3C(=O)CBr)[C@@H]2CC[C@@H](F)C1. The first-order chi connectivity index (χ1) is 11.5. The molecule has 0 N–H and O–H groups in total. The third-order valence-corrected chi connectivity index (χ3v) is 8.40. The van der Waals surface area contributed by atoms with Gasteiger partial charge in [0.2, 0.25) is 0 Å². The molecule has 0 aromatic carbocycles. The molecule has 1 nitrogen and oxygen atoms in total. The fraction of sp³-hybridized carbons (Fsp3) is 0.952. The maximum absolute atomic E-state index is 14.4. The van der Waals surface area contributed by atoms with Crippen molar-refractivity contribution < 1.29 is 9.18 Å². The third-order valence-electron chi connectivity index (χ3n) is 7.85. The molecule has 3 aliphatic carbocycles. The molecule has 3 fully saturated rings. The van der Waals surface area contributed by atoms with Gasteiger partial charge in [0, 0.05) is 5.92 Å². The fourth-order valence-corrected chi connectivity index (χ4v) is 6.95. The molecule has 138 valence electrons. The molecule has 2 unspecified atom stereocenters. The minimum absolute atomic E-state index is 0.176. The van der Waals surface area contributed by atoms with Crippen LogP contribution in [0.1, 0.15) is 78.1 Å². The average Bonchev–Trinajstić information content (AvgIpc) is 2.90. The number of carbonyl (C=O) groups is 1. The smallest absolute Gasteiger partial charge is 0.147 e. The molecule has 3 heteroatoms. The van der Waals surface area contributed by atoms with Crippen LogP contribution >= 0.6 is 15.9 Å². The Labute approximate surface area is 155 Å². The van der Waals surface area contributed by atoms with E-state index in [1.165, 1.54) is 38.5 Å². The maximum atomic E-state index is 14.4. The lowest BCUT2D eigenvalue weighted by Crippen LogP contribution is -2.43. The van der Waals surface area contributed by atoms with Crippen LogP contribution in [0.5, 0.6) is 0 Å². The molecule has 0 saturated heterocycles. The number of rotatable bonds is 2. The van der Waals surface area contributed by atoms with Crippen LogP contribution in [0.15, 0.2) is 0 Å². The molecule has 3 rings (SSSR count). The molecule has 0 heterocycles. The molecular formula is C21H34BrFO. The molecule has 0 aromatic rings. The maximum Gasteiger partial charge on any atom is 0.147 e. The number of alkyl halides is 2. The highest BCUT2D eigenvalue weighted by Gasteiger charge is 2.55. The van der Waals surface area contributed by atoms with Crippen LogP contribution in [-0.2, 0) is 4.79 Å². The molecule has 7 atom stereocenters. The fourth-order valence-electron chi connectivity index (χ4n) is 6.56. The van der Waals surface area contributed by atoms with Crippen molar-refractivity contribution in [2.24, 2.45) is 35.0 Å². The summed E-state index contributed by atoms with van der Waals surface area (Å²) in [6.45, 7) is 4.59. The van der Waals surface area contributed by atoms with E-state index in [4.69, 9.17) is 0 Å². The second-order valence-electron chi connectivity index (χ2n) is 9.25. The lowest BCUT2D eigenvalue weighted by molar-refractivity contribution is -0.125. The standard InChI is InChI=1S/C21H34BrFO/c1-14-4-3-5-15-10-11-21(2)18(8-9-19(21)20(24)13-22)17(15)7-6-16(23)12-14/h14-19H,3-13H2,1-2H3/t14-,15?,16+,17+,18?,19+,21-/m0/s1. The van der Waals surface area contributed by atoms with Crippen LogP contribution in [-0.4, -0.2) is 17.3 Å². The Kier molecular flexibility index (Phi) is 6.10. The summed E-state index contributed by atoms with van der Waals surface area (Å²) in [7, 11) is 0. The van der Waals surface area contributed by atoms with Crippen molar-refractivity contribution in [2.75, 3.05) is 5.33 Å². The van der Waals surface area contributed by atoms with Gasteiger partial charge in [-0.15, -0.1) is 0 Å². The van der Waals surface area contributed by atoms with Gasteiger partial charge in [0.05, 0.1) is 5.33 Å². The van der Waals surface area contributed by atoms with Crippen LogP contribution in [0.4, 0.5) is 4.39 Å². The lowest BCUT2D eigenvalue weighted by atomic mass is 9.56. The molecular weight excluding hydrogens is 367 g/mol. The molecule has 0 spiro atoms. The monoisotopic (exact) mass is 400 g/mol. The summed E-state index contributed by atoms with van der Waals surface area (Å²) < 4.78 is 14.4. The molecule has 0 bridgehead atoms. The predicted molar refractivity (Wildman–Crippen MR) is 101 cm³/mol. The van der Waals surface area contributed by atoms with E-state index in [0.29, 0.717) is 28.9 Å². The molecule has 0 aliphatic heterocycles. The van der Waals surface area contributed by atoms with Gasteiger partial charge in [0.25, 0.3) is 0 Å². The number of halogens is 2. The normalized spacial score (nSPS) is 46.8. The van der Waals surface area contributed by atoms with Gasteiger partial charge < -0.3 is 0 Å². The lowest BCUT2D eigenvalue weighted by Gasteiger charge is -2.49. The zero-order chi connectivity index (χ0) is 17.3. The Balaban J connectivity index is 1.77. The summed E-state index contributed by atoms with van der Waals surface area (Å²) in [5, 5.41) is 0.499. The number of hydrogen-bond acceptors (Lipinski definition) is 1. The minimum Gasteiger partial charge on any atom is -0.298 e. The first kappa shape index (κ1) is 18.9. The highest BCUT2D eigenvalue weighted by molar-refractivity contribution is 9.09. The van der Waals surface area contributed by atoms with Gasteiger partial charge in [-0.1, -0.05) is 49.0 Å². The van der Waals surface area contributed by atoms with E-state index in [0.717, 1.165) is 31.6 Å². The zero-order valence-corrected chi connectivity index (χ0v) is 17.0. The number of ketones is 1. The van der Waals surface area contributed by atoms with Crippen molar-refractivity contribution in [3.05, 3.63) is 0 Å². The Morgan fingerprint density at radius 1 is 1.12 bits per heavy atom. The quantitative estimate of drug-likeness (QED) is 0.494.